The number of carbonyl (C=O) groups is 1. The van der Waals surface area contributed by atoms with Crippen LogP contribution in [-0.2, 0) is 6.42 Å². The second kappa shape index (κ2) is 9.98. The lowest BCUT2D eigenvalue weighted by molar-refractivity contribution is 0.0937. The second-order valence-corrected chi connectivity index (χ2v) is 9.33. The van der Waals surface area contributed by atoms with Crippen molar-refractivity contribution < 1.29 is 19.0 Å². The van der Waals surface area contributed by atoms with E-state index in [0.29, 0.717) is 34.6 Å². The van der Waals surface area contributed by atoms with E-state index < -0.39 is 0 Å². The number of nitrogens with one attached hydrogen (secondary N) is 1. The molecular weight excluding hydrogens is 450 g/mol. The zero-order valence-corrected chi connectivity index (χ0v) is 19.9. The molecule has 0 saturated heterocycles. The van der Waals surface area contributed by atoms with Crippen molar-refractivity contribution in [2.24, 2.45) is 0 Å². The first-order valence-electron chi connectivity index (χ1n) is 11.8. The maximum Gasteiger partial charge on any atom is 0.251 e. The fourth-order valence-electron chi connectivity index (χ4n) is 4.79. The van der Waals surface area contributed by atoms with Crippen molar-refractivity contribution in [1.82, 2.24) is 5.32 Å². The van der Waals surface area contributed by atoms with Gasteiger partial charge in [0.25, 0.3) is 5.91 Å². The molecule has 2 unspecified atom stereocenters. The van der Waals surface area contributed by atoms with Gasteiger partial charge in [0.15, 0.2) is 0 Å². The highest BCUT2D eigenvalue weighted by atomic mass is 35.5. The molecule has 3 aromatic carbocycles. The van der Waals surface area contributed by atoms with Gasteiger partial charge in [-0.1, -0.05) is 23.7 Å². The number of benzene rings is 3. The second-order valence-electron chi connectivity index (χ2n) is 8.92. The van der Waals surface area contributed by atoms with Gasteiger partial charge in [-0.05, 0) is 91.6 Å². The highest BCUT2D eigenvalue weighted by Crippen LogP contribution is 2.38. The average molecular weight is 478 g/mol. The molecule has 0 spiro atoms. The predicted octanol–water partition coefficient (Wildman–Crippen LogP) is 6.53. The SMILES string of the molecule is COc1ccc(C2CCC(NC(=O)c3ccc(Oc4cc5c(cc4Cl)CCCO5)cc3)C2)cc1. The van der Waals surface area contributed by atoms with E-state index in [9.17, 15) is 4.79 Å². The average Bonchev–Trinajstić information content (AvgIpc) is 3.33. The molecule has 0 aromatic heterocycles. The number of rotatable bonds is 6. The molecule has 2 atom stereocenters. The van der Waals surface area contributed by atoms with Crippen LogP contribution in [0.4, 0.5) is 0 Å². The summed E-state index contributed by atoms with van der Waals surface area (Å²) in [6, 6.07) is 19.3. The van der Waals surface area contributed by atoms with Gasteiger partial charge in [-0.3, -0.25) is 4.79 Å². The van der Waals surface area contributed by atoms with Crippen LogP contribution >= 0.6 is 11.6 Å². The van der Waals surface area contributed by atoms with Crippen LogP contribution in [0.5, 0.6) is 23.0 Å². The fraction of sp³-hybridized carbons (Fsp3) is 0.321. The van der Waals surface area contributed by atoms with E-state index in [-0.39, 0.29) is 11.9 Å². The number of hydrogen-bond donors (Lipinski definition) is 1. The van der Waals surface area contributed by atoms with Gasteiger partial charge in [0.2, 0.25) is 0 Å². The van der Waals surface area contributed by atoms with Crippen LogP contribution in [0.2, 0.25) is 5.02 Å². The van der Waals surface area contributed by atoms with Crippen LogP contribution in [0.15, 0.2) is 60.7 Å². The molecular formula is C28H28ClNO4. The maximum atomic E-state index is 12.8. The highest BCUT2D eigenvalue weighted by Gasteiger charge is 2.27. The first kappa shape index (κ1) is 22.6. The normalized spacial score (nSPS) is 19.1. The predicted molar refractivity (Wildman–Crippen MR) is 133 cm³/mol. The number of carbonyl (C=O) groups excluding carboxylic acids is 1. The standard InChI is InChI=1S/C28H28ClNO4/c1-32-23-10-5-18(6-11-23)20-4-9-22(15-20)30-28(31)19-7-12-24(13-8-19)34-27-17-26-21(16-25(27)29)3-2-14-33-26/h5-8,10-13,16-17,20,22H,2-4,9,14-15H2,1H3,(H,30,31). The van der Waals surface area contributed by atoms with Crippen molar-refractivity contribution in [2.75, 3.05) is 13.7 Å². The van der Waals surface area contributed by atoms with E-state index in [4.69, 9.17) is 25.8 Å². The number of methoxy groups -OCH3 is 1. The van der Waals surface area contributed by atoms with Crippen molar-refractivity contribution >= 4 is 17.5 Å². The molecule has 1 aliphatic carbocycles. The Kier molecular flexibility index (Phi) is 6.63. The summed E-state index contributed by atoms with van der Waals surface area (Å²) in [7, 11) is 1.67. The Bertz CT molecular complexity index is 1160. The van der Waals surface area contributed by atoms with Crippen LogP contribution in [0, 0.1) is 0 Å². The molecule has 3 aromatic rings. The number of aryl methyl sites for hydroxylation is 1. The van der Waals surface area contributed by atoms with Gasteiger partial charge in [0.05, 0.1) is 18.7 Å². The summed E-state index contributed by atoms with van der Waals surface area (Å²) in [5, 5.41) is 3.74. The monoisotopic (exact) mass is 477 g/mol. The Morgan fingerprint density at radius 3 is 2.56 bits per heavy atom. The smallest absolute Gasteiger partial charge is 0.251 e. The topological polar surface area (TPSA) is 56.8 Å². The van der Waals surface area contributed by atoms with Gasteiger partial charge in [0.1, 0.15) is 23.0 Å². The van der Waals surface area contributed by atoms with E-state index in [1.807, 2.05) is 24.3 Å². The van der Waals surface area contributed by atoms with Crippen molar-refractivity contribution in [2.45, 2.75) is 44.1 Å². The summed E-state index contributed by atoms with van der Waals surface area (Å²) in [6.45, 7) is 0.708. The summed E-state index contributed by atoms with van der Waals surface area (Å²) in [6.07, 6.45) is 4.94. The van der Waals surface area contributed by atoms with Crippen molar-refractivity contribution in [3.63, 3.8) is 0 Å². The molecule has 34 heavy (non-hydrogen) atoms. The Balaban J connectivity index is 1.18. The zero-order chi connectivity index (χ0) is 23.5. The lowest BCUT2D eigenvalue weighted by atomic mass is 9.97. The molecule has 2 aliphatic rings. The summed E-state index contributed by atoms with van der Waals surface area (Å²) in [4.78, 5) is 12.8. The summed E-state index contributed by atoms with van der Waals surface area (Å²) >= 11 is 6.41. The minimum Gasteiger partial charge on any atom is -0.497 e. The lowest BCUT2D eigenvalue weighted by Crippen LogP contribution is -2.32. The van der Waals surface area contributed by atoms with E-state index in [1.54, 1.807) is 31.4 Å². The number of ether oxygens (including phenoxy) is 3. The molecule has 1 aliphatic heterocycles. The van der Waals surface area contributed by atoms with Crippen LogP contribution in [0.1, 0.15) is 53.1 Å². The first-order chi connectivity index (χ1) is 16.6. The number of amides is 1. The molecule has 176 valence electrons. The molecule has 1 amide bonds. The molecule has 1 heterocycles. The fourth-order valence-corrected chi connectivity index (χ4v) is 5.01. The molecule has 5 rings (SSSR count). The molecule has 1 fully saturated rings. The molecule has 5 nitrogen and oxygen atoms in total. The Labute approximate surface area is 205 Å². The van der Waals surface area contributed by atoms with Gasteiger partial charge >= 0.3 is 0 Å². The maximum absolute atomic E-state index is 12.8. The van der Waals surface area contributed by atoms with Gasteiger partial charge in [0, 0.05) is 17.7 Å². The Morgan fingerprint density at radius 2 is 1.79 bits per heavy atom. The number of fused-ring (bicyclic) bond motifs is 1. The lowest BCUT2D eigenvalue weighted by Gasteiger charge is -2.19. The zero-order valence-electron chi connectivity index (χ0n) is 19.2. The quantitative estimate of drug-likeness (QED) is 0.438. The highest BCUT2D eigenvalue weighted by molar-refractivity contribution is 6.32. The third kappa shape index (κ3) is 5.00. The van der Waals surface area contributed by atoms with E-state index in [0.717, 1.165) is 49.2 Å². The molecule has 1 N–H and O–H groups in total. The Hall–Kier alpha value is -3.18. The van der Waals surface area contributed by atoms with Crippen LogP contribution in [-0.4, -0.2) is 25.7 Å². The van der Waals surface area contributed by atoms with Crippen LogP contribution in [0.3, 0.4) is 0 Å². The third-order valence-corrected chi connectivity index (χ3v) is 6.96. The van der Waals surface area contributed by atoms with E-state index >= 15 is 0 Å². The molecule has 6 heteroatoms. The van der Waals surface area contributed by atoms with Crippen molar-refractivity contribution in [3.8, 4) is 23.0 Å². The molecule has 0 radical (unpaired) electrons. The number of hydrogen-bond acceptors (Lipinski definition) is 4. The first-order valence-corrected chi connectivity index (χ1v) is 12.1. The van der Waals surface area contributed by atoms with Crippen LogP contribution < -0.4 is 19.5 Å². The molecule has 1 saturated carbocycles. The minimum absolute atomic E-state index is 0.0628. The van der Waals surface area contributed by atoms with E-state index in [2.05, 4.69) is 17.4 Å². The van der Waals surface area contributed by atoms with Crippen LogP contribution in [0.25, 0.3) is 0 Å². The minimum atomic E-state index is -0.0628. The van der Waals surface area contributed by atoms with E-state index in [1.165, 1.54) is 5.56 Å². The summed E-state index contributed by atoms with van der Waals surface area (Å²) in [5.74, 6) is 3.25. The number of halogens is 1. The van der Waals surface area contributed by atoms with Crippen molar-refractivity contribution in [3.05, 3.63) is 82.4 Å². The summed E-state index contributed by atoms with van der Waals surface area (Å²) < 4.78 is 16.9. The van der Waals surface area contributed by atoms with Gasteiger partial charge in [-0.15, -0.1) is 0 Å². The van der Waals surface area contributed by atoms with Gasteiger partial charge < -0.3 is 19.5 Å². The third-order valence-electron chi connectivity index (χ3n) is 6.66. The Morgan fingerprint density at radius 1 is 1.03 bits per heavy atom. The summed E-state index contributed by atoms with van der Waals surface area (Å²) in [5.41, 5.74) is 3.02. The van der Waals surface area contributed by atoms with Crippen molar-refractivity contribution in [1.29, 1.82) is 0 Å². The molecule has 0 bridgehead atoms. The largest absolute Gasteiger partial charge is 0.497 e. The van der Waals surface area contributed by atoms with Gasteiger partial charge in [-0.25, -0.2) is 0 Å². The van der Waals surface area contributed by atoms with Gasteiger partial charge in [-0.2, -0.15) is 0 Å².